The van der Waals surface area contributed by atoms with Gasteiger partial charge in [-0.05, 0) is 44.5 Å². The van der Waals surface area contributed by atoms with Crippen LogP contribution < -0.4 is 10.6 Å². The molecule has 0 bridgehead atoms. The lowest BCUT2D eigenvalue weighted by Crippen LogP contribution is -2.32. The monoisotopic (exact) mass is 377 g/mol. The van der Waals surface area contributed by atoms with Crippen molar-refractivity contribution in [2.75, 3.05) is 26.0 Å². The fraction of sp³-hybridized carbons (Fsp3) is 0.389. The second kappa shape index (κ2) is 8.23. The number of carbonyl (C=O) groups is 2. The van der Waals surface area contributed by atoms with Gasteiger partial charge in [0.25, 0.3) is 5.91 Å². The Hall–Kier alpha value is -2.54. The maximum Gasteiger partial charge on any atom is 0.319 e. The first-order valence-electron chi connectivity index (χ1n) is 8.27. The molecule has 2 N–H and O–H groups in total. The average Bonchev–Trinajstić information content (AvgIpc) is 2.81. The fourth-order valence-corrected chi connectivity index (χ4v) is 2.72. The van der Waals surface area contributed by atoms with Gasteiger partial charge in [-0.1, -0.05) is 11.6 Å². The van der Waals surface area contributed by atoms with Gasteiger partial charge in [-0.15, -0.1) is 0 Å². The van der Waals surface area contributed by atoms with Gasteiger partial charge in [0.1, 0.15) is 0 Å². The molecular weight excluding hydrogens is 354 g/mol. The van der Waals surface area contributed by atoms with Crippen LogP contribution in [0, 0.1) is 20.8 Å². The Kier molecular flexibility index (Phi) is 6.26. The molecule has 26 heavy (non-hydrogen) atoms. The smallest absolute Gasteiger partial charge is 0.319 e. The van der Waals surface area contributed by atoms with Crippen molar-refractivity contribution in [2.45, 2.75) is 27.3 Å². The minimum absolute atomic E-state index is 0.189. The molecule has 140 valence electrons. The topological polar surface area (TPSA) is 79.3 Å². The van der Waals surface area contributed by atoms with Crippen molar-refractivity contribution in [3.05, 3.63) is 45.7 Å². The van der Waals surface area contributed by atoms with Crippen LogP contribution in [0.1, 0.15) is 27.3 Å². The van der Waals surface area contributed by atoms with E-state index >= 15 is 0 Å². The molecule has 0 spiro atoms. The second-order valence-corrected chi connectivity index (χ2v) is 6.70. The Morgan fingerprint density at radius 3 is 2.46 bits per heavy atom. The molecule has 0 aliphatic rings. The summed E-state index contributed by atoms with van der Waals surface area (Å²) in [4.78, 5) is 25.4. The van der Waals surface area contributed by atoms with Crippen LogP contribution in [0.25, 0.3) is 0 Å². The Morgan fingerprint density at radius 2 is 1.92 bits per heavy atom. The highest BCUT2D eigenvalue weighted by atomic mass is 35.5. The molecule has 0 aliphatic carbocycles. The number of hydrogen-bond donors (Lipinski definition) is 2. The highest BCUT2D eigenvalue weighted by molar-refractivity contribution is 6.34. The van der Waals surface area contributed by atoms with Crippen LogP contribution >= 0.6 is 11.6 Å². The molecule has 7 nitrogen and oxygen atoms in total. The Labute approximate surface area is 158 Å². The maximum atomic E-state index is 12.0. The number of anilines is 1. The van der Waals surface area contributed by atoms with Gasteiger partial charge in [0.2, 0.25) is 0 Å². The van der Waals surface area contributed by atoms with E-state index in [9.17, 15) is 9.59 Å². The quantitative estimate of drug-likeness (QED) is 0.840. The number of aryl methyl sites for hydroxylation is 1. The largest absolute Gasteiger partial charge is 0.345 e. The van der Waals surface area contributed by atoms with E-state index in [1.54, 1.807) is 32.3 Å². The van der Waals surface area contributed by atoms with E-state index in [1.807, 2.05) is 25.5 Å². The lowest BCUT2D eigenvalue weighted by atomic mass is 10.2. The zero-order valence-corrected chi connectivity index (χ0v) is 16.4. The molecule has 8 heteroatoms. The number of nitrogens with one attached hydrogen (secondary N) is 2. The summed E-state index contributed by atoms with van der Waals surface area (Å²) in [5.74, 6) is -0.189. The summed E-state index contributed by atoms with van der Waals surface area (Å²) in [6.07, 6.45) is 0. The molecule has 0 atom stereocenters. The number of rotatable bonds is 5. The summed E-state index contributed by atoms with van der Waals surface area (Å²) in [6, 6.07) is 4.46. The summed E-state index contributed by atoms with van der Waals surface area (Å²) in [6.45, 7) is 7.03. The highest BCUT2D eigenvalue weighted by Crippen LogP contribution is 2.22. The first-order valence-corrected chi connectivity index (χ1v) is 8.65. The maximum absolute atomic E-state index is 12.0. The van der Waals surface area contributed by atoms with Gasteiger partial charge in [0.05, 0.1) is 22.8 Å². The van der Waals surface area contributed by atoms with Gasteiger partial charge in [0.15, 0.2) is 0 Å². The molecule has 3 amide bonds. The Morgan fingerprint density at radius 1 is 1.23 bits per heavy atom. The van der Waals surface area contributed by atoms with Crippen molar-refractivity contribution in [2.24, 2.45) is 0 Å². The summed E-state index contributed by atoms with van der Waals surface area (Å²) >= 11 is 6.14. The number of urea groups is 1. The highest BCUT2D eigenvalue weighted by Gasteiger charge is 2.13. The summed E-state index contributed by atoms with van der Waals surface area (Å²) in [7, 11) is 3.31. The predicted octanol–water partition coefficient (Wildman–Crippen LogP) is 2.99. The number of aromatic nitrogens is 2. The lowest BCUT2D eigenvalue weighted by Gasteiger charge is -2.13. The number of halogens is 1. The van der Waals surface area contributed by atoms with E-state index in [2.05, 4.69) is 15.7 Å². The van der Waals surface area contributed by atoms with Gasteiger partial charge < -0.3 is 15.5 Å². The summed E-state index contributed by atoms with van der Waals surface area (Å²) < 4.78 is 1.88. The second-order valence-electron chi connectivity index (χ2n) is 6.29. The third-order valence-electron chi connectivity index (χ3n) is 4.22. The van der Waals surface area contributed by atoms with Crippen LogP contribution in [-0.4, -0.2) is 47.3 Å². The molecule has 0 radical (unpaired) electrons. The minimum atomic E-state index is -0.342. The van der Waals surface area contributed by atoms with Crippen LogP contribution in [-0.2, 0) is 6.54 Å². The molecule has 0 saturated heterocycles. The van der Waals surface area contributed by atoms with Crippen LogP contribution in [0.3, 0.4) is 0 Å². The van der Waals surface area contributed by atoms with E-state index in [1.165, 1.54) is 4.90 Å². The summed E-state index contributed by atoms with van der Waals surface area (Å²) in [5.41, 5.74) is 4.16. The van der Waals surface area contributed by atoms with E-state index in [4.69, 9.17) is 11.6 Å². The molecule has 1 heterocycles. The molecule has 0 aliphatic heterocycles. The Bertz CT molecular complexity index is 829. The Balaban J connectivity index is 1.90. The predicted molar refractivity (Wildman–Crippen MR) is 103 cm³/mol. The molecule has 0 fully saturated rings. The van der Waals surface area contributed by atoms with Gasteiger partial charge >= 0.3 is 6.03 Å². The van der Waals surface area contributed by atoms with Crippen LogP contribution in [0.5, 0.6) is 0 Å². The third kappa shape index (κ3) is 4.54. The first-order chi connectivity index (χ1) is 12.2. The zero-order valence-electron chi connectivity index (χ0n) is 15.7. The number of amides is 3. The first kappa shape index (κ1) is 19.8. The molecule has 0 unspecified atom stereocenters. The standard InChI is InChI=1S/C18H24ClN5O2/c1-11-12(2)22-24(13(11)3)9-8-20-18(26)21-14-6-7-15(16(19)10-14)17(25)23(4)5/h6-7,10H,8-9H2,1-5H3,(H2,20,21,26). The minimum Gasteiger partial charge on any atom is -0.345 e. The average molecular weight is 378 g/mol. The van der Waals surface area contributed by atoms with Crippen molar-refractivity contribution < 1.29 is 9.59 Å². The van der Waals surface area contributed by atoms with Gasteiger partial charge in [-0.2, -0.15) is 5.10 Å². The molecule has 1 aromatic carbocycles. The third-order valence-corrected chi connectivity index (χ3v) is 4.53. The fourth-order valence-electron chi connectivity index (χ4n) is 2.46. The van der Waals surface area contributed by atoms with Crippen molar-refractivity contribution >= 4 is 29.2 Å². The molecule has 1 aromatic heterocycles. The number of carbonyl (C=O) groups excluding carboxylic acids is 2. The van der Waals surface area contributed by atoms with E-state index in [-0.39, 0.29) is 11.9 Å². The van der Waals surface area contributed by atoms with E-state index in [0.29, 0.717) is 29.4 Å². The van der Waals surface area contributed by atoms with Crippen LogP contribution in [0.4, 0.5) is 10.5 Å². The number of nitrogens with zero attached hydrogens (tertiary/aromatic N) is 3. The molecular formula is C18H24ClN5O2. The molecule has 2 aromatic rings. The van der Waals surface area contributed by atoms with E-state index in [0.717, 1.165) is 17.0 Å². The normalized spacial score (nSPS) is 10.5. The van der Waals surface area contributed by atoms with Crippen molar-refractivity contribution in [1.82, 2.24) is 20.0 Å². The van der Waals surface area contributed by atoms with Gasteiger partial charge in [-0.3, -0.25) is 9.48 Å². The summed E-state index contributed by atoms with van der Waals surface area (Å²) in [5, 5.41) is 10.2. The van der Waals surface area contributed by atoms with Gasteiger partial charge in [0, 0.05) is 32.0 Å². The number of hydrogen-bond acceptors (Lipinski definition) is 3. The number of benzene rings is 1. The van der Waals surface area contributed by atoms with Crippen LogP contribution in [0.2, 0.25) is 5.02 Å². The van der Waals surface area contributed by atoms with Crippen LogP contribution in [0.15, 0.2) is 18.2 Å². The van der Waals surface area contributed by atoms with Crippen molar-refractivity contribution in [1.29, 1.82) is 0 Å². The molecule has 2 rings (SSSR count). The van der Waals surface area contributed by atoms with Gasteiger partial charge in [-0.25, -0.2) is 4.79 Å². The SMILES string of the molecule is Cc1nn(CCNC(=O)Nc2ccc(C(=O)N(C)C)c(Cl)c2)c(C)c1C. The van der Waals surface area contributed by atoms with E-state index < -0.39 is 0 Å². The lowest BCUT2D eigenvalue weighted by molar-refractivity contribution is 0.0828. The molecule has 0 saturated carbocycles. The zero-order chi connectivity index (χ0) is 19.4. The van der Waals surface area contributed by atoms with Crippen molar-refractivity contribution in [3.63, 3.8) is 0 Å². The van der Waals surface area contributed by atoms with Crippen molar-refractivity contribution in [3.8, 4) is 0 Å².